The summed E-state index contributed by atoms with van der Waals surface area (Å²) in [6, 6.07) is 20.4. The second-order valence-electron chi connectivity index (χ2n) is 5.56. The van der Waals surface area contributed by atoms with Crippen LogP contribution in [0, 0.1) is 10.1 Å². The molecule has 3 aromatic carbocycles. The zero-order chi connectivity index (χ0) is 16.5. The number of rotatable bonds is 4. The summed E-state index contributed by atoms with van der Waals surface area (Å²) in [6.45, 7) is 0.358. The summed E-state index contributed by atoms with van der Waals surface area (Å²) in [5.74, 6) is 0.795. The van der Waals surface area contributed by atoms with E-state index in [1.54, 1.807) is 12.1 Å². The number of nitro groups is 1. The Hall–Kier alpha value is -3.34. The van der Waals surface area contributed by atoms with Gasteiger partial charge < -0.3 is 9.72 Å². The molecule has 0 radical (unpaired) electrons. The Morgan fingerprint density at radius 1 is 0.917 bits per heavy atom. The highest BCUT2D eigenvalue weighted by atomic mass is 16.6. The lowest BCUT2D eigenvalue weighted by Crippen LogP contribution is -1.96. The van der Waals surface area contributed by atoms with E-state index in [0.717, 1.165) is 33.1 Å². The van der Waals surface area contributed by atoms with Gasteiger partial charge in [-0.05, 0) is 35.9 Å². The second-order valence-corrected chi connectivity index (χ2v) is 5.56. The van der Waals surface area contributed by atoms with Crippen LogP contribution in [0.25, 0.3) is 21.8 Å². The lowest BCUT2D eigenvalue weighted by Gasteiger charge is -2.08. The molecule has 1 aromatic heterocycles. The second kappa shape index (κ2) is 5.70. The van der Waals surface area contributed by atoms with Crippen LogP contribution >= 0.6 is 0 Å². The summed E-state index contributed by atoms with van der Waals surface area (Å²) < 4.78 is 5.98. The molecule has 0 aliphatic rings. The highest BCUT2D eigenvalue weighted by Gasteiger charge is 2.10. The standard InChI is InChI=1S/C19H14N2O3/c22-21(23)14-10-8-13(9-11-14)12-24-18-7-3-6-17-19(18)15-4-1-2-5-16(15)20-17/h1-11,20H,12H2. The fourth-order valence-corrected chi connectivity index (χ4v) is 2.86. The first-order valence-electron chi connectivity index (χ1n) is 7.58. The topological polar surface area (TPSA) is 68.2 Å². The summed E-state index contributed by atoms with van der Waals surface area (Å²) in [5, 5.41) is 12.9. The van der Waals surface area contributed by atoms with Gasteiger partial charge >= 0.3 is 0 Å². The average molecular weight is 318 g/mol. The number of ether oxygens (including phenoxy) is 1. The minimum absolute atomic E-state index is 0.0810. The molecule has 0 unspecified atom stereocenters. The van der Waals surface area contributed by atoms with Crippen LogP contribution in [0.15, 0.2) is 66.7 Å². The number of nitrogens with one attached hydrogen (secondary N) is 1. The molecule has 0 atom stereocenters. The van der Waals surface area contributed by atoms with Crippen LogP contribution in [0.3, 0.4) is 0 Å². The number of nitro benzene ring substituents is 1. The first-order valence-corrected chi connectivity index (χ1v) is 7.58. The number of aromatic amines is 1. The molecule has 0 aliphatic heterocycles. The molecule has 24 heavy (non-hydrogen) atoms. The maximum atomic E-state index is 10.7. The van der Waals surface area contributed by atoms with E-state index < -0.39 is 4.92 Å². The maximum Gasteiger partial charge on any atom is 0.269 e. The molecule has 0 fully saturated rings. The third-order valence-corrected chi connectivity index (χ3v) is 4.03. The predicted octanol–water partition coefficient (Wildman–Crippen LogP) is 4.81. The normalized spacial score (nSPS) is 11.0. The summed E-state index contributed by atoms with van der Waals surface area (Å²) in [4.78, 5) is 13.7. The first-order chi connectivity index (χ1) is 11.7. The van der Waals surface area contributed by atoms with Crippen LogP contribution in [-0.2, 0) is 6.61 Å². The fourth-order valence-electron chi connectivity index (χ4n) is 2.86. The van der Waals surface area contributed by atoms with Crippen molar-refractivity contribution < 1.29 is 9.66 Å². The molecule has 1 heterocycles. The van der Waals surface area contributed by atoms with Crippen molar-refractivity contribution in [3.05, 3.63) is 82.4 Å². The molecule has 0 bridgehead atoms. The Kier molecular flexibility index (Phi) is 3.39. The largest absolute Gasteiger partial charge is 0.488 e. The van der Waals surface area contributed by atoms with Crippen molar-refractivity contribution in [2.45, 2.75) is 6.61 Å². The van der Waals surface area contributed by atoms with Crippen molar-refractivity contribution in [1.29, 1.82) is 0 Å². The van der Waals surface area contributed by atoms with Crippen molar-refractivity contribution in [3.8, 4) is 5.75 Å². The van der Waals surface area contributed by atoms with Gasteiger partial charge in [-0.15, -0.1) is 0 Å². The number of non-ortho nitro benzene ring substituents is 1. The van der Waals surface area contributed by atoms with Gasteiger partial charge in [0.25, 0.3) is 5.69 Å². The Morgan fingerprint density at radius 3 is 2.46 bits per heavy atom. The van der Waals surface area contributed by atoms with Crippen LogP contribution in [0.4, 0.5) is 5.69 Å². The number of fused-ring (bicyclic) bond motifs is 3. The van der Waals surface area contributed by atoms with Crippen LogP contribution < -0.4 is 4.74 Å². The van der Waals surface area contributed by atoms with Gasteiger partial charge in [-0.1, -0.05) is 24.3 Å². The number of nitrogens with zero attached hydrogens (tertiary/aromatic N) is 1. The zero-order valence-electron chi connectivity index (χ0n) is 12.7. The Balaban J connectivity index is 1.66. The van der Waals surface area contributed by atoms with Crippen LogP contribution in [0.5, 0.6) is 5.75 Å². The van der Waals surface area contributed by atoms with Crippen LogP contribution in [0.1, 0.15) is 5.56 Å². The van der Waals surface area contributed by atoms with Crippen molar-refractivity contribution in [2.75, 3.05) is 0 Å². The van der Waals surface area contributed by atoms with Gasteiger partial charge in [0.2, 0.25) is 0 Å². The Bertz CT molecular complexity index is 1040. The maximum absolute atomic E-state index is 10.7. The zero-order valence-corrected chi connectivity index (χ0v) is 12.7. The minimum Gasteiger partial charge on any atom is -0.488 e. The van der Waals surface area contributed by atoms with Gasteiger partial charge in [0.05, 0.1) is 10.4 Å². The molecule has 0 saturated heterocycles. The van der Waals surface area contributed by atoms with Gasteiger partial charge in [0.15, 0.2) is 0 Å². The van der Waals surface area contributed by atoms with Crippen molar-refractivity contribution >= 4 is 27.5 Å². The monoisotopic (exact) mass is 318 g/mol. The van der Waals surface area contributed by atoms with Crippen LogP contribution in [-0.4, -0.2) is 9.91 Å². The fraction of sp³-hybridized carbons (Fsp3) is 0.0526. The van der Waals surface area contributed by atoms with E-state index in [0.29, 0.717) is 6.61 Å². The van der Waals surface area contributed by atoms with E-state index in [1.165, 1.54) is 12.1 Å². The van der Waals surface area contributed by atoms with Gasteiger partial charge in [0, 0.05) is 28.4 Å². The van der Waals surface area contributed by atoms with Gasteiger partial charge in [-0.2, -0.15) is 0 Å². The van der Waals surface area contributed by atoms with E-state index in [2.05, 4.69) is 11.1 Å². The minimum atomic E-state index is -0.405. The molecule has 5 heteroatoms. The van der Waals surface area contributed by atoms with Crippen LogP contribution in [0.2, 0.25) is 0 Å². The highest BCUT2D eigenvalue weighted by molar-refractivity contribution is 6.10. The molecule has 5 nitrogen and oxygen atoms in total. The molecule has 0 aliphatic carbocycles. The lowest BCUT2D eigenvalue weighted by atomic mass is 10.1. The molecule has 4 aromatic rings. The quantitative estimate of drug-likeness (QED) is 0.434. The Labute approximate surface area is 137 Å². The molecule has 0 spiro atoms. The number of H-pyrrole nitrogens is 1. The molecular formula is C19H14N2O3. The summed E-state index contributed by atoms with van der Waals surface area (Å²) >= 11 is 0. The summed E-state index contributed by atoms with van der Waals surface area (Å²) in [6.07, 6.45) is 0. The third kappa shape index (κ3) is 2.46. The number of aromatic nitrogens is 1. The van der Waals surface area contributed by atoms with E-state index in [-0.39, 0.29) is 5.69 Å². The average Bonchev–Trinajstić information content (AvgIpc) is 2.99. The van der Waals surface area contributed by atoms with Gasteiger partial charge in [0.1, 0.15) is 12.4 Å². The molecule has 0 saturated carbocycles. The lowest BCUT2D eigenvalue weighted by molar-refractivity contribution is -0.384. The highest BCUT2D eigenvalue weighted by Crippen LogP contribution is 2.33. The van der Waals surface area contributed by atoms with E-state index in [1.807, 2.05) is 36.4 Å². The van der Waals surface area contributed by atoms with E-state index in [9.17, 15) is 10.1 Å². The third-order valence-electron chi connectivity index (χ3n) is 4.03. The first kappa shape index (κ1) is 14.3. The Morgan fingerprint density at radius 2 is 1.67 bits per heavy atom. The van der Waals surface area contributed by atoms with Crippen molar-refractivity contribution in [3.63, 3.8) is 0 Å². The van der Waals surface area contributed by atoms with E-state index >= 15 is 0 Å². The number of hydrogen-bond acceptors (Lipinski definition) is 3. The number of para-hydroxylation sites is 1. The number of hydrogen-bond donors (Lipinski definition) is 1. The molecule has 118 valence electrons. The van der Waals surface area contributed by atoms with Crippen molar-refractivity contribution in [1.82, 2.24) is 4.98 Å². The summed E-state index contributed by atoms with van der Waals surface area (Å²) in [7, 11) is 0. The smallest absolute Gasteiger partial charge is 0.269 e. The summed E-state index contributed by atoms with van der Waals surface area (Å²) in [5.41, 5.74) is 3.06. The van der Waals surface area contributed by atoms with E-state index in [4.69, 9.17) is 4.74 Å². The molecule has 1 N–H and O–H groups in total. The number of benzene rings is 3. The predicted molar refractivity (Wildman–Crippen MR) is 93.2 cm³/mol. The van der Waals surface area contributed by atoms with Gasteiger partial charge in [-0.3, -0.25) is 10.1 Å². The molecule has 4 rings (SSSR count). The van der Waals surface area contributed by atoms with Crippen molar-refractivity contribution in [2.24, 2.45) is 0 Å². The molecule has 0 amide bonds. The molecular weight excluding hydrogens is 304 g/mol. The van der Waals surface area contributed by atoms with Gasteiger partial charge in [-0.25, -0.2) is 0 Å². The SMILES string of the molecule is O=[N+]([O-])c1ccc(COc2cccc3[nH]c4ccccc4c23)cc1.